The molecule has 0 bridgehead atoms. The molecular weight excluding hydrogens is 282 g/mol. The van der Waals surface area contributed by atoms with E-state index in [-0.39, 0.29) is 6.10 Å². The van der Waals surface area contributed by atoms with Gasteiger partial charge in [0.2, 0.25) is 0 Å². The van der Waals surface area contributed by atoms with Crippen molar-refractivity contribution in [1.82, 2.24) is 15.3 Å². The van der Waals surface area contributed by atoms with Crippen LogP contribution in [0.25, 0.3) is 0 Å². The number of rotatable bonds is 4. The normalized spacial score (nSPS) is 17.4. The highest BCUT2D eigenvalue weighted by Gasteiger charge is 2.23. The maximum absolute atomic E-state index is 5.99. The zero-order valence-electron chi connectivity index (χ0n) is 12.2. The van der Waals surface area contributed by atoms with Crippen LogP contribution >= 0.6 is 11.8 Å². The third-order valence-corrected chi connectivity index (χ3v) is 4.35. The van der Waals surface area contributed by atoms with Gasteiger partial charge in [-0.05, 0) is 12.1 Å². The Balaban J connectivity index is 1.68. The fraction of sp³-hybridized carbons (Fsp3) is 0.375. The fourth-order valence-electron chi connectivity index (χ4n) is 2.09. The fourth-order valence-corrected chi connectivity index (χ4v) is 3.07. The van der Waals surface area contributed by atoms with E-state index in [1.807, 2.05) is 30.6 Å². The molecule has 1 aliphatic heterocycles. The highest BCUT2D eigenvalue weighted by molar-refractivity contribution is 7.99. The van der Waals surface area contributed by atoms with Crippen LogP contribution in [0.15, 0.2) is 41.6 Å². The van der Waals surface area contributed by atoms with Crippen LogP contribution in [0.4, 0.5) is 0 Å². The number of hydrogen-bond donors (Lipinski definition) is 1. The summed E-state index contributed by atoms with van der Waals surface area (Å²) >= 11 is 1.79. The quantitative estimate of drug-likeness (QED) is 0.939. The van der Waals surface area contributed by atoms with Crippen molar-refractivity contribution in [1.29, 1.82) is 0 Å². The van der Waals surface area contributed by atoms with Gasteiger partial charge in [-0.25, -0.2) is 9.97 Å². The minimum absolute atomic E-state index is 0.0722. The summed E-state index contributed by atoms with van der Waals surface area (Å²) < 4.78 is 5.99. The SMILES string of the molecule is CC(C)NCc1cnc(C2CSc3ccccc3O2)nc1. The van der Waals surface area contributed by atoms with Gasteiger partial charge in [0, 0.05) is 41.2 Å². The van der Waals surface area contributed by atoms with Crippen LogP contribution in [0.1, 0.15) is 31.3 Å². The van der Waals surface area contributed by atoms with Gasteiger partial charge in [0.25, 0.3) is 0 Å². The molecule has 1 unspecified atom stereocenters. The van der Waals surface area contributed by atoms with Crippen molar-refractivity contribution in [2.75, 3.05) is 5.75 Å². The first kappa shape index (κ1) is 14.4. The lowest BCUT2D eigenvalue weighted by molar-refractivity contribution is 0.210. The summed E-state index contributed by atoms with van der Waals surface area (Å²) in [5.74, 6) is 2.53. The van der Waals surface area contributed by atoms with Crippen LogP contribution in [0, 0.1) is 0 Å². The number of nitrogens with zero attached hydrogens (tertiary/aromatic N) is 2. The lowest BCUT2D eigenvalue weighted by atomic mass is 10.3. The first-order chi connectivity index (χ1) is 10.2. The number of hydrogen-bond acceptors (Lipinski definition) is 5. The van der Waals surface area contributed by atoms with Gasteiger partial charge in [0.05, 0.1) is 0 Å². The molecule has 0 radical (unpaired) electrons. The Bertz CT molecular complexity index is 601. The second-order valence-electron chi connectivity index (χ2n) is 5.35. The van der Waals surface area contributed by atoms with Gasteiger partial charge in [-0.1, -0.05) is 26.0 Å². The average Bonchev–Trinajstić information content (AvgIpc) is 2.53. The molecule has 5 heteroatoms. The van der Waals surface area contributed by atoms with E-state index in [2.05, 4.69) is 35.2 Å². The molecule has 3 rings (SSSR count). The smallest absolute Gasteiger partial charge is 0.170 e. The zero-order valence-corrected chi connectivity index (χ0v) is 13.1. The van der Waals surface area contributed by atoms with Gasteiger partial charge >= 0.3 is 0 Å². The van der Waals surface area contributed by atoms with Crippen molar-refractivity contribution in [2.24, 2.45) is 0 Å². The van der Waals surface area contributed by atoms with Gasteiger partial charge in [-0.3, -0.25) is 0 Å². The minimum atomic E-state index is -0.0722. The molecule has 1 atom stereocenters. The van der Waals surface area contributed by atoms with Crippen LogP contribution in [-0.2, 0) is 6.54 Å². The van der Waals surface area contributed by atoms with E-state index < -0.39 is 0 Å². The van der Waals surface area contributed by atoms with Gasteiger partial charge in [-0.15, -0.1) is 11.8 Å². The Morgan fingerprint density at radius 2 is 2.05 bits per heavy atom. The molecule has 21 heavy (non-hydrogen) atoms. The highest BCUT2D eigenvalue weighted by atomic mass is 32.2. The van der Waals surface area contributed by atoms with Crippen LogP contribution < -0.4 is 10.1 Å². The van der Waals surface area contributed by atoms with E-state index >= 15 is 0 Å². The number of nitrogens with one attached hydrogen (secondary N) is 1. The van der Waals surface area contributed by atoms with Crippen LogP contribution in [-0.4, -0.2) is 21.8 Å². The van der Waals surface area contributed by atoms with Gasteiger partial charge in [-0.2, -0.15) is 0 Å². The predicted octanol–water partition coefficient (Wildman–Crippen LogP) is 3.20. The summed E-state index contributed by atoms with van der Waals surface area (Å²) in [6.45, 7) is 5.04. The zero-order chi connectivity index (χ0) is 14.7. The largest absolute Gasteiger partial charge is 0.480 e. The number of ether oxygens (including phenoxy) is 1. The summed E-state index contributed by atoms with van der Waals surface area (Å²) in [6.07, 6.45) is 3.69. The van der Waals surface area contributed by atoms with Gasteiger partial charge in [0.1, 0.15) is 5.75 Å². The first-order valence-corrected chi connectivity index (χ1v) is 8.13. The van der Waals surface area contributed by atoms with Crippen molar-refractivity contribution in [3.05, 3.63) is 48.0 Å². The molecule has 0 spiro atoms. The van der Waals surface area contributed by atoms with Gasteiger partial charge < -0.3 is 10.1 Å². The van der Waals surface area contributed by atoms with E-state index in [0.29, 0.717) is 6.04 Å². The topological polar surface area (TPSA) is 47.0 Å². The third-order valence-electron chi connectivity index (χ3n) is 3.24. The van der Waals surface area contributed by atoms with Crippen LogP contribution in [0.3, 0.4) is 0 Å². The molecule has 110 valence electrons. The Hall–Kier alpha value is -1.59. The number of para-hydroxylation sites is 1. The number of aromatic nitrogens is 2. The second kappa shape index (κ2) is 6.45. The Morgan fingerprint density at radius 1 is 1.29 bits per heavy atom. The predicted molar refractivity (Wildman–Crippen MR) is 84.5 cm³/mol. The number of thioether (sulfide) groups is 1. The number of benzene rings is 1. The molecule has 0 aliphatic carbocycles. The van der Waals surface area contributed by atoms with Crippen LogP contribution in [0.5, 0.6) is 5.75 Å². The molecule has 0 amide bonds. The average molecular weight is 301 g/mol. The highest BCUT2D eigenvalue weighted by Crippen LogP contribution is 2.39. The molecule has 1 N–H and O–H groups in total. The van der Waals surface area contributed by atoms with Gasteiger partial charge in [0.15, 0.2) is 11.9 Å². The Labute approximate surface area is 129 Å². The molecule has 2 heterocycles. The lowest BCUT2D eigenvalue weighted by Gasteiger charge is -2.24. The van der Waals surface area contributed by atoms with E-state index in [1.165, 1.54) is 4.90 Å². The van der Waals surface area contributed by atoms with Crippen molar-refractivity contribution in [3.63, 3.8) is 0 Å². The summed E-state index contributed by atoms with van der Waals surface area (Å²) in [6, 6.07) is 8.55. The summed E-state index contributed by atoms with van der Waals surface area (Å²) in [7, 11) is 0. The van der Waals surface area contributed by atoms with E-state index in [0.717, 1.165) is 29.4 Å². The van der Waals surface area contributed by atoms with Crippen molar-refractivity contribution in [3.8, 4) is 5.75 Å². The summed E-state index contributed by atoms with van der Waals surface area (Å²) in [5, 5.41) is 3.36. The summed E-state index contributed by atoms with van der Waals surface area (Å²) in [4.78, 5) is 10.1. The molecule has 0 saturated heterocycles. The van der Waals surface area contributed by atoms with E-state index in [1.54, 1.807) is 11.8 Å². The molecule has 4 nitrogen and oxygen atoms in total. The Morgan fingerprint density at radius 3 is 2.81 bits per heavy atom. The van der Waals surface area contributed by atoms with Crippen molar-refractivity contribution < 1.29 is 4.74 Å². The van der Waals surface area contributed by atoms with Crippen molar-refractivity contribution in [2.45, 2.75) is 37.4 Å². The van der Waals surface area contributed by atoms with Crippen LogP contribution in [0.2, 0.25) is 0 Å². The maximum atomic E-state index is 5.99. The van der Waals surface area contributed by atoms with E-state index in [9.17, 15) is 0 Å². The first-order valence-electron chi connectivity index (χ1n) is 7.15. The molecular formula is C16H19N3OS. The molecule has 1 aromatic carbocycles. The van der Waals surface area contributed by atoms with Crippen molar-refractivity contribution >= 4 is 11.8 Å². The monoisotopic (exact) mass is 301 g/mol. The Kier molecular flexibility index (Phi) is 4.41. The molecule has 2 aromatic rings. The molecule has 1 aliphatic rings. The molecule has 0 saturated carbocycles. The minimum Gasteiger partial charge on any atom is -0.480 e. The third kappa shape index (κ3) is 3.54. The standard InChI is InChI=1S/C16H19N3OS/c1-11(2)17-7-12-8-18-16(19-9-12)14-10-21-15-6-4-3-5-13(15)20-14/h3-6,8-9,11,14,17H,7,10H2,1-2H3. The van der Waals surface area contributed by atoms with E-state index in [4.69, 9.17) is 4.74 Å². The summed E-state index contributed by atoms with van der Waals surface area (Å²) in [5.41, 5.74) is 1.09. The number of fused-ring (bicyclic) bond motifs is 1. The second-order valence-corrected chi connectivity index (χ2v) is 6.41. The lowest BCUT2D eigenvalue weighted by Crippen LogP contribution is -2.22. The molecule has 0 fully saturated rings. The maximum Gasteiger partial charge on any atom is 0.170 e. The molecule has 1 aromatic heterocycles.